The molecule has 28 heavy (non-hydrogen) atoms. The van der Waals surface area contributed by atoms with Crippen LogP contribution >= 0.6 is 0 Å². The van der Waals surface area contributed by atoms with Gasteiger partial charge in [-0.1, -0.05) is 37.3 Å². The maximum absolute atomic E-state index is 12.9. The number of aromatic nitrogens is 2. The number of anilines is 1. The molecule has 0 aliphatic carbocycles. The third kappa shape index (κ3) is 4.18. The van der Waals surface area contributed by atoms with Crippen LogP contribution in [0.2, 0.25) is 0 Å². The number of fused-ring (bicyclic) bond motifs is 1. The molecule has 0 radical (unpaired) electrons. The first-order valence-corrected chi connectivity index (χ1v) is 10.5. The van der Waals surface area contributed by atoms with Crippen LogP contribution in [-0.4, -0.2) is 40.4 Å². The minimum atomic E-state index is 0.230. The molecule has 1 aromatic carbocycles. The molecule has 0 atom stereocenters. The largest absolute Gasteiger partial charge is 0.356 e. The zero-order valence-electron chi connectivity index (χ0n) is 17.0. The molecule has 4 rings (SSSR count). The highest BCUT2D eigenvalue weighted by atomic mass is 16.2. The summed E-state index contributed by atoms with van der Waals surface area (Å²) in [7, 11) is 0. The molecular weight excluding hydrogens is 348 g/mol. The highest BCUT2D eigenvalue weighted by Crippen LogP contribution is 2.30. The predicted molar refractivity (Wildman–Crippen MR) is 111 cm³/mol. The average Bonchev–Trinajstić information content (AvgIpc) is 2.72. The van der Waals surface area contributed by atoms with Crippen molar-refractivity contribution in [2.24, 2.45) is 5.92 Å². The Morgan fingerprint density at radius 2 is 1.86 bits per heavy atom. The van der Waals surface area contributed by atoms with Gasteiger partial charge in [0.25, 0.3) is 0 Å². The number of aryl methyl sites for hydroxylation is 2. The zero-order chi connectivity index (χ0) is 19.5. The third-order valence-corrected chi connectivity index (χ3v) is 6.06. The van der Waals surface area contributed by atoms with Gasteiger partial charge in [-0.05, 0) is 37.7 Å². The third-order valence-electron chi connectivity index (χ3n) is 6.06. The molecule has 1 amide bonds. The van der Waals surface area contributed by atoms with Gasteiger partial charge in [-0.3, -0.25) is 4.79 Å². The molecule has 0 N–H and O–H groups in total. The molecule has 2 aliphatic heterocycles. The molecule has 5 nitrogen and oxygen atoms in total. The van der Waals surface area contributed by atoms with Gasteiger partial charge < -0.3 is 9.80 Å². The van der Waals surface area contributed by atoms with E-state index in [0.29, 0.717) is 13.0 Å². The monoisotopic (exact) mass is 378 g/mol. The summed E-state index contributed by atoms with van der Waals surface area (Å²) in [6.07, 6.45) is 4.59. The van der Waals surface area contributed by atoms with E-state index in [9.17, 15) is 4.79 Å². The van der Waals surface area contributed by atoms with E-state index in [1.807, 2.05) is 30.0 Å². The summed E-state index contributed by atoms with van der Waals surface area (Å²) >= 11 is 0. The van der Waals surface area contributed by atoms with Crippen molar-refractivity contribution in [2.45, 2.75) is 52.5 Å². The van der Waals surface area contributed by atoms with Gasteiger partial charge in [0.2, 0.25) is 5.91 Å². The second-order valence-electron chi connectivity index (χ2n) is 8.24. The molecule has 0 bridgehead atoms. The van der Waals surface area contributed by atoms with E-state index in [1.165, 1.54) is 24.0 Å². The molecule has 1 saturated heterocycles. The van der Waals surface area contributed by atoms with Crippen LogP contribution in [0.3, 0.4) is 0 Å². The smallest absolute Gasteiger partial charge is 0.223 e. The van der Waals surface area contributed by atoms with Crippen LogP contribution in [0, 0.1) is 12.8 Å². The number of piperidine rings is 1. The van der Waals surface area contributed by atoms with Crippen molar-refractivity contribution >= 4 is 11.7 Å². The van der Waals surface area contributed by atoms with E-state index in [1.54, 1.807) is 0 Å². The Morgan fingerprint density at radius 1 is 1.11 bits per heavy atom. The lowest BCUT2D eigenvalue weighted by atomic mass is 9.98. The number of carbonyl (C=O) groups is 1. The highest BCUT2D eigenvalue weighted by molar-refractivity contribution is 5.77. The van der Waals surface area contributed by atoms with E-state index in [0.717, 1.165) is 55.7 Å². The summed E-state index contributed by atoms with van der Waals surface area (Å²) in [6.45, 7) is 7.80. The number of benzene rings is 1. The highest BCUT2D eigenvalue weighted by Gasteiger charge is 2.28. The van der Waals surface area contributed by atoms with Crippen molar-refractivity contribution in [3.8, 4) is 0 Å². The predicted octanol–water partition coefficient (Wildman–Crippen LogP) is 3.54. The minimum Gasteiger partial charge on any atom is -0.356 e. The molecule has 0 saturated carbocycles. The Kier molecular flexibility index (Phi) is 5.60. The summed E-state index contributed by atoms with van der Waals surface area (Å²) in [5.41, 5.74) is 3.52. The standard InChI is InChI=1S/C23H30N4O/c1-17-10-13-26(14-11-17)23-20-16-27(15-12-21(20)24-18(2)25-23)22(28)9-8-19-6-4-3-5-7-19/h3-7,17H,8-16H2,1-2H3. The summed E-state index contributed by atoms with van der Waals surface area (Å²) in [5.74, 6) is 2.92. The van der Waals surface area contributed by atoms with E-state index in [2.05, 4.69) is 24.0 Å². The summed E-state index contributed by atoms with van der Waals surface area (Å²) in [6, 6.07) is 10.2. The lowest BCUT2D eigenvalue weighted by Gasteiger charge is -2.36. The number of nitrogens with zero attached hydrogens (tertiary/aromatic N) is 4. The lowest BCUT2D eigenvalue weighted by molar-refractivity contribution is -0.132. The van der Waals surface area contributed by atoms with Crippen LogP contribution in [0.15, 0.2) is 30.3 Å². The fourth-order valence-corrected chi connectivity index (χ4v) is 4.27. The Hall–Kier alpha value is -2.43. The first-order chi connectivity index (χ1) is 13.6. The molecule has 148 valence electrons. The second-order valence-corrected chi connectivity index (χ2v) is 8.24. The maximum atomic E-state index is 12.9. The van der Waals surface area contributed by atoms with E-state index < -0.39 is 0 Å². The van der Waals surface area contributed by atoms with Crippen LogP contribution in [0.25, 0.3) is 0 Å². The average molecular weight is 379 g/mol. The van der Waals surface area contributed by atoms with E-state index in [4.69, 9.17) is 9.97 Å². The van der Waals surface area contributed by atoms with Gasteiger partial charge in [0.05, 0.1) is 12.2 Å². The van der Waals surface area contributed by atoms with Crippen molar-refractivity contribution in [1.82, 2.24) is 14.9 Å². The van der Waals surface area contributed by atoms with Crippen molar-refractivity contribution in [1.29, 1.82) is 0 Å². The quantitative estimate of drug-likeness (QED) is 0.817. The maximum Gasteiger partial charge on any atom is 0.223 e. The molecule has 5 heteroatoms. The van der Waals surface area contributed by atoms with Gasteiger partial charge in [0.15, 0.2) is 0 Å². The molecule has 2 aromatic rings. The molecule has 0 spiro atoms. The minimum absolute atomic E-state index is 0.230. The number of carbonyl (C=O) groups excluding carboxylic acids is 1. The number of amides is 1. The number of hydrogen-bond acceptors (Lipinski definition) is 4. The van der Waals surface area contributed by atoms with Gasteiger partial charge in [0.1, 0.15) is 11.6 Å². The van der Waals surface area contributed by atoms with Crippen molar-refractivity contribution in [2.75, 3.05) is 24.5 Å². The number of hydrogen-bond donors (Lipinski definition) is 0. The van der Waals surface area contributed by atoms with Crippen LogP contribution in [0.5, 0.6) is 0 Å². The molecule has 0 unspecified atom stereocenters. The Bertz CT molecular complexity index is 828. The molecular formula is C23H30N4O. The SMILES string of the molecule is Cc1nc2c(c(N3CCC(C)CC3)n1)CN(C(=O)CCc1ccccc1)CC2. The summed E-state index contributed by atoms with van der Waals surface area (Å²) in [4.78, 5) is 26.8. The van der Waals surface area contributed by atoms with E-state index >= 15 is 0 Å². The Balaban J connectivity index is 1.48. The molecule has 2 aliphatic rings. The Morgan fingerprint density at radius 3 is 2.61 bits per heavy atom. The number of rotatable bonds is 4. The van der Waals surface area contributed by atoms with E-state index in [-0.39, 0.29) is 5.91 Å². The topological polar surface area (TPSA) is 49.3 Å². The van der Waals surface area contributed by atoms with Gasteiger partial charge in [-0.15, -0.1) is 0 Å². The molecule has 1 fully saturated rings. The van der Waals surface area contributed by atoms with Gasteiger partial charge >= 0.3 is 0 Å². The van der Waals surface area contributed by atoms with Crippen LogP contribution in [0.4, 0.5) is 5.82 Å². The van der Waals surface area contributed by atoms with Crippen LogP contribution in [0.1, 0.15) is 48.8 Å². The summed E-state index contributed by atoms with van der Waals surface area (Å²) < 4.78 is 0. The molecule has 3 heterocycles. The van der Waals surface area contributed by atoms with Crippen molar-refractivity contribution < 1.29 is 4.79 Å². The first-order valence-electron chi connectivity index (χ1n) is 10.5. The fraction of sp³-hybridized carbons (Fsp3) is 0.522. The lowest BCUT2D eigenvalue weighted by Crippen LogP contribution is -2.40. The van der Waals surface area contributed by atoms with Crippen molar-refractivity contribution in [3.63, 3.8) is 0 Å². The van der Waals surface area contributed by atoms with Crippen LogP contribution in [-0.2, 0) is 24.2 Å². The molecule has 1 aromatic heterocycles. The fourth-order valence-electron chi connectivity index (χ4n) is 4.27. The van der Waals surface area contributed by atoms with Gasteiger partial charge in [-0.25, -0.2) is 9.97 Å². The normalized spacial score (nSPS) is 17.5. The first kappa shape index (κ1) is 18.9. The van der Waals surface area contributed by atoms with Gasteiger partial charge in [0, 0.05) is 38.0 Å². The van der Waals surface area contributed by atoms with Crippen LogP contribution < -0.4 is 4.90 Å². The summed E-state index contributed by atoms with van der Waals surface area (Å²) in [5, 5.41) is 0. The second kappa shape index (κ2) is 8.29. The van der Waals surface area contributed by atoms with Crippen molar-refractivity contribution in [3.05, 3.63) is 53.0 Å². The Labute approximate surface area is 167 Å². The zero-order valence-corrected chi connectivity index (χ0v) is 17.0. The van der Waals surface area contributed by atoms with Gasteiger partial charge in [-0.2, -0.15) is 0 Å².